The molecule has 182 valence electrons. The summed E-state index contributed by atoms with van der Waals surface area (Å²) in [7, 11) is 2.14. The SMILES string of the molecule is C=CC(=O)Nc1cccc(-c2cccc3cnc(Nc4ccc(N5CCN(C)CC5)c(Cl)c4)nc23)c1. The summed E-state index contributed by atoms with van der Waals surface area (Å²) in [6.45, 7) is 7.47. The maximum atomic E-state index is 11.7. The molecule has 0 aliphatic carbocycles. The van der Waals surface area contributed by atoms with Crippen LogP contribution in [-0.2, 0) is 4.79 Å². The standard InChI is InChI=1S/C28H27ClN6O/c1-3-26(36)31-21-8-4-6-19(16-21)23-9-5-7-20-18-30-28(33-27(20)23)32-22-10-11-25(24(29)17-22)35-14-12-34(2)13-15-35/h3-11,16-18H,1,12-15H2,2H3,(H,31,36)(H,30,32,33). The minimum Gasteiger partial charge on any atom is -0.368 e. The Kier molecular flexibility index (Phi) is 6.84. The molecule has 0 unspecified atom stereocenters. The van der Waals surface area contributed by atoms with E-state index in [-0.39, 0.29) is 5.91 Å². The molecule has 1 aromatic heterocycles. The van der Waals surface area contributed by atoms with Gasteiger partial charge in [-0.05, 0) is 49.0 Å². The van der Waals surface area contributed by atoms with E-state index in [0.29, 0.717) is 16.7 Å². The largest absolute Gasteiger partial charge is 0.368 e. The molecular formula is C28H27ClN6O. The van der Waals surface area contributed by atoms with Crippen LogP contribution >= 0.6 is 11.6 Å². The number of likely N-dealkylation sites (N-methyl/N-ethyl adjacent to an activating group) is 1. The molecular weight excluding hydrogens is 472 g/mol. The third-order valence-electron chi connectivity index (χ3n) is 6.29. The van der Waals surface area contributed by atoms with Gasteiger partial charge in [0.1, 0.15) is 0 Å². The van der Waals surface area contributed by atoms with Crippen molar-refractivity contribution < 1.29 is 4.79 Å². The molecule has 0 atom stereocenters. The molecule has 0 radical (unpaired) electrons. The summed E-state index contributed by atoms with van der Waals surface area (Å²) in [6.07, 6.45) is 3.05. The Hall–Kier alpha value is -3.94. The highest BCUT2D eigenvalue weighted by molar-refractivity contribution is 6.33. The number of rotatable bonds is 6. The number of piperazine rings is 1. The second kappa shape index (κ2) is 10.4. The lowest BCUT2D eigenvalue weighted by atomic mass is 10.0. The fraction of sp³-hybridized carbons (Fsp3) is 0.179. The van der Waals surface area contributed by atoms with Gasteiger partial charge in [0.15, 0.2) is 0 Å². The molecule has 1 aliphatic heterocycles. The Labute approximate surface area is 215 Å². The molecule has 1 fully saturated rings. The van der Waals surface area contributed by atoms with Crippen LogP contribution in [0.15, 0.2) is 79.5 Å². The third-order valence-corrected chi connectivity index (χ3v) is 6.59. The van der Waals surface area contributed by atoms with Crippen molar-refractivity contribution in [1.29, 1.82) is 0 Å². The zero-order valence-corrected chi connectivity index (χ0v) is 20.8. The van der Waals surface area contributed by atoms with Crippen molar-refractivity contribution in [2.45, 2.75) is 0 Å². The molecule has 8 heteroatoms. The number of carbonyl (C=O) groups is 1. The average molecular weight is 499 g/mol. The van der Waals surface area contributed by atoms with E-state index in [0.717, 1.165) is 59.6 Å². The molecule has 1 saturated heterocycles. The van der Waals surface area contributed by atoms with Gasteiger partial charge in [0.2, 0.25) is 11.9 Å². The fourth-order valence-electron chi connectivity index (χ4n) is 4.32. The number of benzene rings is 3. The first-order chi connectivity index (χ1) is 17.5. The molecule has 4 aromatic rings. The van der Waals surface area contributed by atoms with Crippen molar-refractivity contribution in [2.75, 3.05) is 48.8 Å². The smallest absolute Gasteiger partial charge is 0.247 e. The molecule has 1 aliphatic rings. The lowest BCUT2D eigenvalue weighted by molar-refractivity contribution is -0.111. The fourth-order valence-corrected chi connectivity index (χ4v) is 4.62. The van der Waals surface area contributed by atoms with Gasteiger partial charge in [-0.3, -0.25) is 4.79 Å². The van der Waals surface area contributed by atoms with Gasteiger partial charge in [0, 0.05) is 54.7 Å². The summed E-state index contributed by atoms with van der Waals surface area (Å²) in [5, 5.41) is 7.72. The van der Waals surface area contributed by atoms with E-state index in [1.807, 2.05) is 60.7 Å². The van der Waals surface area contributed by atoms with Crippen LogP contribution in [0.2, 0.25) is 5.02 Å². The minimum atomic E-state index is -0.254. The maximum Gasteiger partial charge on any atom is 0.247 e. The Morgan fingerprint density at radius 2 is 1.83 bits per heavy atom. The van der Waals surface area contributed by atoms with Crippen molar-refractivity contribution >= 4 is 51.4 Å². The van der Waals surface area contributed by atoms with Crippen LogP contribution in [0.1, 0.15) is 0 Å². The van der Waals surface area contributed by atoms with Gasteiger partial charge >= 0.3 is 0 Å². The highest BCUT2D eigenvalue weighted by Gasteiger charge is 2.17. The van der Waals surface area contributed by atoms with Gasteiger partial charge in [-0.2, -0.15) is 0 Å². The summed E-state index contributed by atoms with van der Waals surface area (Å²) in [6, 6.07) is 19.6. The van der Waals surface area contributed by atoms with Crippen molar-refractivity contribution in [3.63, 3.8) is 0 Å². The van der Waals surface area contributed by atoms with Gasteiger partial charge in [-0.15, -0.1) is 0 Å². The molecule has 5 rings (SSSR count). The number of carbonyl (C=O) groups excluding carboxylic acids is 1. The number of anilines is 4. The zero-order chi connectivity index (χ0) is 25.1. The molecule has 0 saturated carbocycles. The Balaban J connectivity index is 1.42. The minimum absolute atomic E-state index is 0.254. The summed E-state index contributed by atoms with van der Waals surface area (Å²) in [5.74, 6) is 0.227. The van der Waals surface area contributed by atoms with Crippen LogP contribution in [0.3, 0.4) is 0 Å². The Morgan fingerprint density at radius 3 is 2.61 bits per heavy atom. The van der Waals surface area contributed by atoms with Crippen LogP contribution in [0.5, 0.6) is 0 Å². The third kappa shape index (κ3) is 5.17. The van der Waals surface area contributed by atoms with E-state index >= 15 is 0 Å². The first-order valence-electron chi connectivity index (χ1n) is 11.8. The van der Waals surface area contributed by atoms with Gasteiger partial charge in [0.25, 0.3) is 0 Å². The number of nitrogens with one attached hydrogen (secondary N) is 2. The number of nitrogens with zero attached hydrogens (tertiary/aromatic N) is 4. The predicted octanol–water partition coefficient (Wildman–Crippen LogP) is 5.57. The number of hydrogen-bond acceptors (Lipinski definition) is 6. The number of aromatic nitrogens is 2. The van der Waals surface area contributed by atoms with Crippen LogP contribution in [0, 0.1) is 0 Å². The van der Waals surface area contributed by atoms with Crippen molar-refractivity contribution in [1.82, 2.24) is 14.9 Å². The van der Waals surface area contributed by atoms with Crippen LogP contribution in [-0.4, -0.2) is 54.0 Å². The highest BCUT2D eigenvalue weighted by Crippen LogP contribution is 2.32. The summed E-state index contributed by atoms with van der Waals surface area (Å²) < 4.78 is 0. The molecule has 0 spiro atoms. The Morgan fingerprint density at radius 1 is 1.03 bits per heavy atom. The topological polar surface area (TPSA) is 73.4 Å². The second-order valence-electron chi connectivity index (χ2n) is 8.79. The number of hydrogen-bond donors (Lipinski definition) is 2. The molecule has 1 amide bonds. The van der Waals surface area contributed by atoms with E-state index in [1.165, 1.54) is 6.08 Å². The first-order valence-corrected chi connectivity index (χ1v) is 12.2. The molecule has 36 heavy (non-hydrogen) atoms. The average Bonchev–Trinajstić information content (AvgIpc) is 2.89. The molecule has 3 aromatic carbocycles. The molecule has 7 nitrogen and oxygen atoms in total. The zero-order valence-electron chi connectivity index (χ0n) is 20.0. The molecule has 2 heterocycles. The van der Waals surface area contributed by atoms with E-state index in [2.05, 4.69) is 39.0 Å². The van der Waals surface area contributed by atoms with E-state index in [4.69, 9.17) is 16.6 Å². The number of para-hydroxylation sites is 1. The van der Waals surface area contributed by atoms with Gasteiger partial charge < -0.3 is 20.4 Å². The highest BCUT2D eigenvalue weighted by atomic mass is 35.5. The van der Waals surface area contributed by atoms with Crippen LogP contribution < -0.4 is 15.5 Å². The van der Waals surface area contributed by atoms with E-state index in [9.17, 15) is 4.79 Å². The Bertz CT molecular complexity index is 1430. The van der Waals surface area contributed by atoms with Crippen molar-refractivity contribution in [2.24, 2.45) is 0 Å². The normalized spacial score (nSPS) is 14.0. The first kappa shape index (κ1) is 23.8. The lowest BCUT2D eigenvalue weighted by Gasteiger charge is -2.34. The van der Waals surface area contributed by atoms with Gasteiger partial charge in [-0.25, -0.2) is 9.97 Å². The quantitative estimate of drug-likeness (QED) is 0.338. The maximum absolute atomic E-state index is 11.7. The monoisotopic (exact) mass is 498 g/mol. The van der Waals surface area contributed by atoms with E-state index in [1.54, 1.807) is 6.20 Å². The summed E-state index contributed by atoms with van der Waals surface area (Å²) in [4.78, 5) is 25.7. The summed E-state index contributed by atoms with van der Waals surface area (Å²) in [5.41, 5.74) is 5.24. The van der Waals surface area contributed by atoms with Crippen molar-refractivity contribution in [3.05, 3.63) is 84.5 Å². The molecule has 0 bridgehead atoms. The number of amides is 1. The van der Waals surface area contributed by atoms with Crippen LogP contribution in [0.25, 0.3) is 22.0 Å². The van der Waals surface area contributed by atoms with E-state index < -0.39 is 0 Å². The van der Waals surface area contributed by atoms with Crippen LogP contribution in [0.4, 0.5) is 23.0 Å². The van der Waals surface area contributed by atoms with Crippen molar-refractivity contribution in [3.8, 4) is 11.1 Å². The lowest BCUT2D eigenvalue weighted by Crippen LogP contribution is -2.44. The predicted molar refractivity (Wildman–Crippen MR) is 148 cm³/mol. The van der Waals surface area contributed by atoms with Gasteiger partial charge in [-0.1, -0.05) is 48.5 Å². The van der Waals surface area contributed by atoms with Gasteiger partial charge in [0.05, 0.1) is 16.2 Å². The second-order valence-corrected chi connectivity index (χ2v) is 9.20. The number of fused-ring (bicyclic) bond motifs is 1. The molecule has 2 N–H and O–H groups in total. The summed E-state index contributed by atoms with van der Waals surface area (Å²) >= 11 is 6.65. The number of halogens is 1.